The molecular formula is C13H22N4. The smallest absolute Gasteiger partial charge is 0.0996 e. The Morgan fingerprint density at radius 2 is 2.12 bits per heavy atom. The molecule has 1 aromatic rings. The summed E-state index contributed by atoms with van der Waals surface area (Å²) in [4.78, 5) is 0. The van der Waals surface area contributed by atoms with Crippen LogP contribution in [0.3, 0.4) is 0 Å². The monoisotopic (exact) mass is 234 g/mol. The van der Waals surface area contributed by atoms with Crippen LogP contribution < -0.4 is 5.32 Å². The van der Waals surface area contributed by atoms with Gasteiger partial charge >= 0.3 is 0 Å². The lowest BCUT2D eigenvalue weighted by Crippen LogP contribution is -2.15. The van der Waals surface area contributed by atoms with E-state index in [-0.39, 0.29) is 0 Å². The highest BCUT2D eigenvalue weighted by molar-refractivity contribution is 5.13. The van der Waals surface area contributed by atoms with E-state index in [0.717, 1.165) is 24.1 Å². The van der Waals surface area contributed by atoms with Crippen molar-refractivity contribution < 1.29 is 0 Å². The van der Waals surface area contributed by atoms with Gasteiger partial charge < -0.3 is 5.32 Å². The molecular weight excluding hydrogens is 212 g/mol. The first kappa shape index (κ1) is 11.2. The first-order valence-electron chi connectivity index (χ1n) is 6.87. The van der Waals surface area contributed by atoms with E-state index in [1.54, 1.807) is 0 Å². The molecule has 0 aliphatic heterocycles. The van der Waals surface area contributed by atoms with E-state index in [9.17, 15) is 0 Å². The largest absolute Gasteiger partial charge is 0.314 e. The summed E-state index contributed by atoms with van der Waals surface area (Å²) >= 11 is 0. The van der Waals surface area contributed by atoms with Crippen molar-refractivity contribution in [1.29, 1.82) is 0 Å². The Balaban J connectivity index is 1.83. The summed E-state index contributed by atoms with van der Waals surface area (Å²) in [7, 11) is 1.98. The topological polar surface area (TPSA) is 42.7 Å². The van der Waals surface area contributed by atoms with Crippen LogP contribution in [0.4, 0.5) is 0 Å². The summed E-state index contributed by atoms with van der Waals surface area (Å²) in [6, 6.07) is 0.543. The van der Waals surface area contributed by atoms with Crippen molar-refractivity contribution in [2.24, 2.45) is 11.8 Å². The lowest BCUT2D eigenvalue weighted by molar-refractivity contribution is 0.412. The molecule has 1 atom stereocenters. The Kier molecular flexibility index (Phi) is 2.90. The van der Waals surface area contributed by atoms with Crippen LogP contribution in [0, 0.1) is 11.8 Å². The lowest BCUT2D eigenvalue weighted by atomic mass is 10.1. The zero-order valence-corrected chi connectivity index (χ0v) is 10.8. The van der Waals surface area contributed by atoms with E-state index in [4.69, 9.17) is 0 Å². The molecule has 0 bridgehead atoms. The Bertz CT molecular complexity index is 390. The van der Waals surface area contributed by atoms with Gasteiger partial charge in [-0.05, 0) is 57.9 Å². The molecule has 1 unspecified atom stereocenters. The maximum atomic E-state index is 4.40. The number of hydrogen-bond donors (Lipinski definition) is 1. The van der Waals surface area contributed by atoms with Crippen LogP contribution in [0.1, 0.15) is 50.0 Å². The molecule has 0 amide bonds. The first-order chi connectivity index (χ1) is 8.29. The minimum atomic E-state index is 0.543. The highest BCUT2D eigenvalue weighted by Gasteiger charge is 2.33. The molecule has 4 heteroatoms. The first-order valence-corrected chi connectivity index (χ1v) is 6.87. The molecule has 2 aliphatic carbocycles. The van der Waals surface area contributed by atoms with Crippen molar-refractivity contribution in [3.63, 3.8) is 0 Å². The van der Waals surface area contributed by atoms with Gasteiger partial charge in [-0.25, -0.2) is 4.68 Å². The van der Waals surface area contributed by atoms with Gasteiger partial charge in [0.2, 0.25) is 0 Å². The van der Waals surface area contributed by atoms with Crippen LogP contribution in [-0.4, -0.2) is 22.0 Å². The molecule has 0 aromatic carbocycles. The maximum absolute atomic E-state index is 4.40. The molecule has 1 heterocycles. The van der Waals surface area contributed by atoms with Crippen LogP contribution in [0.2, 0.25) is 0 Å². The summed E-state index contributed by atoms with van der Waals surface area (Å²) in [5.74, 6) is 1.74. The minimum Gasteiger partial charge on any atom is -0.314 e. The Morgan fingerprint density at radius 1 is 1.35 bits per heavy atom. The molecule has 1 aromatic heterocycles. The van der Waals surface area contributed by atoms with Crippen LogP contribution in [0.5, 0.6) is 0 Å². The maximum Gasteiger partial charge on any atom is 0.0996 e. The molecule has 0 radical (unpaired) electrons. The van der Waals surface area contributed by atoms with Gasteiger partial charge in [-0.2, -0.15) is 0 Å². The fourth-order valence-corrected chi connectivity index (χ4v) is 2.56. The number of hydrogen-bond acceptors (Lipinski definition) is 3. The molecule has 2 fully saturated rings. The zero-order valence-electron chi connectivity index (χ0n) is 10.8. The molecule has 94 valence electrons. The van der Waals surface area contributed by atoms with Crippen LogP contribution in [-0.2, 0) is 13.0 Å². The van der Waals surface area contributed by atoms with Gasteiger partial charge in [0.1, 0.15) is 0 Å². The molecule has 2 saturated carbocycles. The summed E-state index contributed by atoms with van der Waals surface area (Å²) in [6.07, 6.45) is 6.70. The van der Waals surface area contributed by atoms with Crippen molar-refractivity contribution in [2.75, 3.05) is 7.05 Å². The van der Waals surface area contributed by atoms with Crippen LogP contribution in [0.15, 0.2) is 0 Å². The van der Waals surface area contributed by atoms with Crippen molar-refractivity contribution >= 4 is 0 Å². The summed E-state index contributed by atoms with van der Waals surface area (Å²) in [6.45, 7) is 3.14. The third-order valence-electron chi connectivity index (χ3n) is 4.08. The number of rotatable bonds is 6. The highest BCUT2D eigenvalue weighted by Crippen LogP contribution is 2.41. The van der Waals surface area contributed by atoms with Gasteiger partial charge in [0.05, 0.1) is 17.4 Å². The molecule has 0 saturated heterocycles. The van der Waals surface area contributed by atoms with Crippen molar-refractivity contribution in [3.8, 4) is 0 Å². The minimum absolute atomic E-state index is 0.543. The molecule has 17 heavy (non-hydrogen) atoms. The predicted molar refractivity (Wildman–Crippen MR) is 66.6 cm³/mol. The Morgan fingerprint density at radius 3 is 2.71 bits per heavy atom. The van der Waals surface area contributed by atoms with Crippen LogP contribution >= 0.6 is 0 Å². The van der Waals surface area contributed by atoms with Gasteiger partial charge in [0.15, 0.2) is 0 Å². The SMILES string of the molecule is CNCc1nnn(C(C)C2CC2)c1CC1CC1. The van der Waals surface area contributed by atoms with Crippen molar-refractivity contribution in [1.82, 2.24) is 20.3 Å². The third-order valence-corrected chi connectivity index (χ3v) is 4.08. The molecule has 3 rings (SSSR count). The molecule has 4 nitrogen and oxygen atoms in total. The normalized spacial score (nSPS) is 21.8. The van der Waals surface area contributed by atoms with Gasteiger partial charge in [-0.15, -0.1) is 5.10 Å². The van der Waals surface area contributed by atoms with E-state index < -0.39 is 0 Å². The molecule has 1 N–H and O–H groups in total. The van der Waals surface area contributed by atoms with E-state index in [2.05, 4.69) is 27.2 Å². The molecule has 0 spiro atoms. The molecule has 2 aliphatic rings. The summed E-state index contributed by atoms with van der Waals surface area (Å²) in [5, 5.41) is 12.0. The quantitative estimate of drug-likeness (QED) is 0.817. The van der Waals surface area contributed by atoms with Gasteiger partial charge in [0, 0.05) is 6.54 Å². The summed E-state index contributed by atoms with van der Waals surface area (Å²) in [5.41, 5.74) is 2.55. The van der Waals surface area contributed by atoms with Crippen molar-refractivity contribution in [3.05, 3.63) is 11.4 Å². The second-order valence-electron chi connectivity index (χ2n) is 5.68. The fraction of sp³-hybridized carbons (Fsp3) is 0.846. The highest BCUT2D eigenvalue weighted by atomic mass is 15.4. The van der Waals surface area contributed by atoms with Crippen LogP contribution in [0.25, 0.3) is 0 Å². The Labute approximate surface area is 103 Å². The van der Waals surface area contributed by atoms with Gasteiger partial charge in [-0.3, -0.25) is 0 Å². The Hall–Kier alpha value is -0.900. The number of aromatic nitrogens is 3. The van der Waals surface area contributed by atoms with E-state index >= 15 is 0 Å². The zero-order chi connectivity index (χ0) is 11.8. The van der Waals surface area contributed by atoms with E-state index in [1.165, 1.54) is 37.8 Å². The average Bonchev–Trinajstić information content (AvgIpc) is 3.20. The number of nitrogens with one attached hydrogen (secondary N) is 1. The number of nitrogens with zero attached hydrogens (tertiary/aromatic N) is 3. The lowest BCUT2D eigenvalue weighted by Gasteiger charge is -2.14. The van der Waals surface area contributed by atoms with Crippen molar-refractivity contribution in [2.45, 2.75) is 51.6 Å². The fourth-order valence-electron chi connectivity index (χ4n) is 2.56. The third kappa shape index (κ3) is 2.37. The predicted octanol–water partition coefficient (Wildman–Crippen LogP) is 1.92. The van der Waals surface area contributed by atoms with Gasteiger partial charge in [0.25, 0.3) is 0 Å². The van der Waals surface area contributed by atoms with E-state index in [0.29, 0.717) is 6.04 Å². The van der Waals surface area contributed by atoms with E-state index in [1.807, 2.05) is 7.05 Å². The second kappa shape index (κ2) is 4.41. The van der Waals surface area contributed by atoms with Gasteiger partial charge in [-0.1, -0.05) is 5.21 Å². The summed E-state index contributed by atoms with van der Waals surface area (Å²) < 4.78 is 2.21. The average molecular weight is 234 g/mol. The second-order valence-corrected chi connectivity index (χ2v) is 5.68. The standard InChI is InChI=1S/C13H22N4/c1-9(11-5-6-11)17-13(7-10-3-4-10)12(8-14-2)15-16-17/h9-11,14H,3-8H2,1-2H3.